The summed E-state index contributed by atoms with van der Waals surface area (Å²) in [5.41, 5.74) is 2.25. The zero-order valence-electron chi connectivity index (χ0n) is 14.5. The molecule has 2 N–H and O–H groups in total. The van der Waals surface area contributed by atoms with Gasteiger partial charge in [0, 0.05) is 23.5 Å². The molecular formula is C19H19ClN4O2. The third-order valence-corrected chi connectivity index (χ3v) is 4.17. The molecule has 6 nitrogen and oxygen atoms in total. The van der Waals surface area contributed by atoms with Gasteiger partial charge in [-0.25, -0.2) is 4.98 Å². The van der Waals surface area contributed by atoms with Crippen LogP contribution < -0.4 is 10.6 Å². The van der Waals surface area contributed by atoms with Crippen molar-refractivity contribution in [3.05, 3.63) is 64.7 Å². The molecule has 0 spiro atoms. The Labute approximate surface area is 156 Å². The van der Waals surface area contributed by atoms with E-state index in [1.807, 2.05) is 13.8 Å². The number of imidazole rings is 1. The summed E-state index contributed by atoms with van der Waals surface area (Å²) < 4.78 is 1.62. The van der Waals surface area contributed by atoms with Crippen LogP contribution in [0.1, 0.15) is 40.0 Å². The van der Waals surface area contributed by atoms with Crippen molar-refractivity contribution in [1.29, 1.82) is 0 Å². The third kappa shape index (κ3) is 3.55. The van der Waals surface area contributed by atoms with E-state index >= 15 is 0 Å². The summed E-state index contributed by atoms with van der Waals surface area (Å²) in [4.78, 5) is 29.4. The highest BCUT2D eigenvalue weighted by Gasteiger charge is 2.21. The molecule has 0 bridgehead atoms. The Morgan fingerprint density at radius 1 is 1.19 bits per heavy atom. The summed E-state index contributed by atoms with van der Waals surface area (Å²) in [5, 5.41) is 6.23. The van der Waals surface area contributed by atoms with Crippen LogP contribution in [0.25, 0.3) is 5.52 Å². The highest BCUT2D eigenvalue weighted by molar-refractivity contribution is 6.30. The van der Waals surface area contributed by atoms with E-state index in [4.69, 9.17) is 11.6 Å². The van der Waals surface area contributed by atoms with Crippen LogP contribution in [-0.4, -0.2) is 27.7 Å². The largest absolute Gasteiger partial charge is 0.349 e. The Morgan fingerprint density at radius 2 is 2.00 bits per heavy atom. The van der Waals surface area contributed by atoms with Gasteiger partial charge in [0.15, 0.2) is 5.69 Å². The lowest BCUT2D eigenvalue weighted by atomic mass is 10.2. The lowest BCUT2D eigenvalue weighted by molar-refractivity contribution is 0.0942. The summed E-state index contributed by atoms with van der Waals surface area (Å²) >= 11 is 5.96. The average Bonchev–Trinajstić information content (AvgIpc) is 3.02. The van der Waals surface area contributed by atoms with Gasteiger partial charge in [-0.15, -0.1) is 0 Å². The minimum absolute atomic E-state index is 0.187. The second-order valence-corrected chi connectivity index (χ2v) is 6.35. The maximum Gasteiger partial charge on any atom is 0.287 e. The molecule has 7 heteroatoms. The number of pyridine rings is 1. The Morgan fingerprint density at radius 3 is 2.73 bits per heavy atom. The number of nitrogens with zero attached hydrogens (tertiary/aromatic N) is 2. The van der Waals surface area contributed by atoms with E-state index in [0.717, 1.165) is 12.0 Å². The van der Waals surface area contributed by atoms with Gasteiger partial charge in [-0.2, -0.15) is 0 Å². The van der Waals surface area contributed by atoms with Crippen LogP contribution in [0.5, 0.6) is 0 Å². The summed E-state index contributed by atoms with van der Waals surface area (Å²) in [7, 11) is 0. The first-order chi connectivity index (χ1) is 12.5. The second kappa shape index (κ2) is 7.58. The van der Waals surface area contributed by atoms with Crippen molar-refractivity contribution in [2.45, 2.75) is 20.3 Å². The Kier molecular flexibility index (Phi) is 5.23. The zero-order chi connectivity index (χ0) is 18.7. The van der Waals surface area contributed by atoms with E-state index in [9.17, 15) is 9.59 Å². The first kappa shape index (κ1) is 17.9. The molecule has 0 unspecified atom stereocenters. The number of anilines is 1. The molecule has 2 aromatic heterocycles. The number of carbonyl (C=O) groups is 2. The van der Waals surface area contributed by atoms with Crippen molar-refractivity contribution in [2.24, 2.45) is 0 Å². The highest BCUT2D eigenvalue weighted by atomic mass is 35.5. The molecule has 2 heterocycles. The van der Waals surface area contributed by atoms with Crippen molar-refractivity contribution in [3.8, 4) is 0 Å². The summed E-state index contributed by atoms with van der Waals surface area (Å²) in [6.45, 7) is 4.37. The smallest absolute Gasteiger partial charge is 0.287 e. The van der Waals surface area contributed by atoms with Crippen LogP contribution in [0.4, 0.5) is 5.69 Å². The van der Waals surface area contributed by atoms with Crippen molar-refractivity contribution >= 4 is 34.6 Å². The standard InChI is InChI=1S/C19H19ClN4O2/c1-3-9-21-19(26)17-23-16(15-6-4-5-10-24(15)17)18(25)22-14-8-7-13(20)11-12(14)2/h4-8,10-11H,3,9H2,1-2H3,(H,21,26)(H,22,25). The molecule has 3 aromatic rings. The SMILES string of the molecule is CCCNC(=O)c1nc(C(=O)Nc2ccc(Cl)cc2C)c2ccccn12. The highest BCUT2D eigenvalue weighted by Crippen LogP contribution is 2.21. The minimum atomic E-state index is -0.381. The van der Waals surface area contributed by atoms with Crippen LogP contribution in [0.3, 0.4) is 0 Å². The number of amides is 2. The van der Waals surface area contributed by atoms with E-state index in [2.05, 4.69) is 15.6 Å². The fourth-order valence-electron chi connectivity index (χ4n) is 2.63. The fourth-order valence-corrected chi connectivity index (χ4v) is 2.86. The number of aryl methyl sites for hydroxylation is 1. The second-order valence-electron chi connectivity index (χ2n) is 5.91. The van der Waals surface area contributed by atoms with Gasteiger partial charge < -0.3 is 10.6 Å². The quantitative estimate of drug-likeness (QED) is 0.719. The number of fused-ring (bicyclic) bond motifs is 1. The maximum absolute atomic E-state index is 12.8. The monoisotopic (exact) mass is 370 g/mol. The van der Waals surface area contributed by atoms with Crippen LogP contribution in [0.2, 0.25) is 5.02 Å². The molecule has 0 fully saturated rings. The van der Waals surface area contributed by atoms with Gasteiger partial charge >= 0.3 is 0 Å². The summed E-state index contributed by atoms with van der Waals surface area (Å²) in [6.07, 6.45) is 2.53. The normalized spacial score (nSPS) is 10.7. The van der Waals surface area contributed by atoms with Gasteiger partial charge in [-0.3, -0.25) is 14.0 Å². The summed E-state index contributed by atoms with van der Waals surface area (Å²) in [5.74, 6) is -0.504. The number of aromatic nitrogens is 2. The van der Waals surface area contributed by atoms with Crippen LogP contribution in [0, 0.1) is 6.92 Å². The summed E-state index contributed by atoms with van der Waals surface area (Å²) in [6, 6.07) is 10.6. The van der Waals surface area contributed by atoms with Gasteiger partial charge in [0.1, 0.15) is 0 Å². The maximum atomic E-state index is 12.8. The Balaban J connectivity index is 1.96. The molecule has 0 saturated carbocycles. The van der Waals surface area contributed by atoms with E-state index < -0.39 is 0 Å². The Hall–Kier alpha value is -2.86. The van der Waals surface area contributed by atoms with E-state index in [1.165, 1.54) is 0 Å². The average molecular weight is 371 g/mol. The van der Waals surface area contributed by atoms with Crippen molar-refractivity contribution in [3.63, 3.8) is 0 Å². The van der Waals surface area contributed by atoms with Crippen LogP contribution in [0.15, 0.2) is 42.6 Å². The Bertz CT molecular complexity index is 981. The van der Waals surface area contributed by atoms with Crippen molar-refractivity contribution in [2.75, 3.05) is 11.9 Å². The van der Waals surface area contributed by atoms with E-state index in [1.54, 1.807) is 47.0 Å². The van der Waals surface area contributed by atoms with Crippen LogP contribution >= 0.6 is 11.6 Å². The predicted octanol–water partition coefficient (Wildman–Crippen LogP) is 3.69. The lowest BCUT2D eigenvalue weighted by Crippen LogP contribution is -2.26. The number of carbonyl (C=O) groups excluding carboxylic acids is 2. The number of nitrogens with one attached hydrogen (secondary N) is 2. The lowest BCUT2D eigenvalue weighted by Gasteiger charge is -2.07. The van der Waals surface area contributed by atoms with Crippen LogP contribution in [-0.2, 0) is 0 Å². The van der Waals surface area contributed by atoms with Gasteiger partial charge in [0.25, 0.3) is 11.8 Å². The van der Waals surface area contributed by atoms with Gasteiger partial charge in [-0.05, 0) is 49.2 Å². The molecule has 0 atom stereocenters. The van der Waals surface area contributed by atoms with Crippen molar-refractivity contribution in [1.82, 2.24) is 14.7 Å². The molecule has 0 aliphatic carbocycles. The van der Waals surface area contributed by atoms with Gasteiger partial charge in [-0.1, -0.05) is 24.6 Å². The number of halogens is 1. The molecule has 0 aliphatic rings. The molecule has 26 heavy (non-hydrogen) atoms. The molecule has 3 rings (SSSR count). The number of hydrogen-bond acceptors (Lipinski definition) is 3. The molecule has 2 amide bonds. The minimum Gasteiger partial charge on any atom is -0.349 e. The topological polar surface area (TPSA) is 75.5 Å². The van der Waals surface area contributed by atoms with E-state index in [-0.39, 0.29) is 23.3 Å². The molecule has 0 radical (unpaired) electrons. The van der Waals surface area contributed by atoms with Gasteiger partial charge in [0.05, 0.1) is 5.52 Å². The molecule has 1 aromatic carbocycles. The number of benzene rings is 1. The van der Waals surface area contributed by atoms with E-state index in [0.29, 0.717) is 22.8 Å². The molecule has 0 aliphatic heterocycles. The third-order valence-electron chi connectivity index (χ3n) is 3.94. The first-order valence-electron chi connectivity index (χ1n) is 8.34. The first-order valence-corrected chi connectivity index (χ1v) is 8.72. The number of rotatable bonds is 5. The molecule has 134 valence electrons. The molecular weight excluding hydrogens is 352 g/mol. The van der Waals surface area contributed by atoms with Crippen molar-refractivity contribution < 1.29 is 9.59 Å². The number of hydrogen-bond donors (Lipinski definition) is 2. The van der Waals surface area contributed by atoms with Gasteiger partial charge in [0.2, 0.25) is 5.82 Å². The fraction of sp³-hybridized carbons (Fsp3) is 0.211. The predicted molar refractivity (Wildman–Crippen MR) is 102 cm³/mol. The zero-order valence-corrected chi connectivity index (χ0v) is 15.3. The molecule has 0 saturated heterocycles.